The number of nitrogens with one attached hydrogen (secondary N) is 2. The van der Waals surface area contributed by atoms with Crippen molar-refractivity contribution < 1.29 is 9.59 Å². The molecular formula is C13H20ClN3O2. The van der Waals surface area contributed by atoms with Crippen LogP contribution in [0.25, 0.3) is 0 Å². The number of nitrogen functional groups attached to an aromatic ring is 1. The molecule has 1 aromatic rings. The Hall–Kier alpha value is -1.75. The molecule has 5 nitrogen and oxygen atoms in total. The average Bonchev–Trinajstić information content (AvgIpc) is 2.24. The van der Waals surface area contributed by atoms with E-state index in [1.165, 1.54) is 0 Å². The second kappa shape index (κ2) is 6.99. The largest absolute Gasteiger partial charge is 0.399 e. The summed E-state index contributed by atoms with van der Waals surface area (Å²) >= 11 is 0. The van der Waals surface area contributed by atoms with Gasteiger partial charge < -0.3 is 16.4 Å². The summed E-state index contributed by atoms with van der Waals surface area (Å²) in [7, 11) is 0. The number of anilines is 1. The fourth-order valence-corrected chi connectivity index (χ4v) is 1.36. The Bertz CT molecular complexity index is 438. The summed E-state index contributed by atoms with van der Waals surface area (Å²) in [4.78, 5) is 23.2. The second-order valence-corrected chi connectivity index (χ2v) is 5.10. The lowest BCUT2D eigenvalue weighted by Gasteiger charge is -2.20. The molecule has 0 aliphatic carbocycles. The van der Waals surface area contributed by atoms with Gasteiger partial charge in [-0.2, -0.15) is 0 Å². The van der Waals surface area contributed by atoms with Gasteiger partial charge in [-0.25, -0.2) is 0 Å². The number of nitrogens with two attached hydrogens (primary N) is 1. The third kappa shape index (κ3) is 6.67. The Morgan fingerprint density at radius 3 is 2.16 bits per heavy atom. The zero-order valence-corrected chi connectivity index (χ0v) is 12.1. The molecule has 0 aliphatic rings. The molecule has 106 valence electrons. The van der Waals surface area contributed by atoms with Gasteiger partial charge in [-0.15, -0.1) is 12.4 Å². The van der Waals surface area contributed by atoms with E-state index in [9.17, 15) is 9.59 Å². The van der Waals surface area contributed by atoms with Crippen molar-refractivity contribution in [1.29, 1.82) is 0 Å². The van der Waals surface area contributed by atoms with Crippen LogP contribution in [0.1, 0.15) is 31.1 Å². The highest BCUT2D eigenvalue weighted by Crippen LogP contribution is 2.05. The van der Waals surface area contributed by atoms with Crippen molar-refractivity contribution in [2.24, 2.45) is 0 Å². The first kappa shape index (κ1) is 17.2. The molecule has 1 aromatic carbocycles. The van der Waals surface area contributed by atoms with E-state index in [1.807, 2.05) is 20.8 Å². The van der Waals surface area contributed by atoms with E-state index in [2.05, 4.69) is 10.6 Å². The lowest BCUT2D eigenvalue weighted by Crippen LogP contribution is -2.45. The molecule has 2 amide bonds. The number of carbonyl (C=O) groups is 2. The van der Waals surface area contributed by atoms with Crippen LogP contribution < -0.4 is 16.4 Å². The van der Waals surface area contributed by atoms with E-state index in [0.29, 0.717) is 11.3 Å². The molecule has 0 fully saturated rings. The van der Waals surface area contributed by atoms with E-state index in [4.69, 9.17) is 5.73 Å². The molecule has 0 radical (unpaired) electrons. The minimum absolute atomic E-state index is 0. The van der Waals surface area contributed by atoms with E-state index >= 15 is 0 Å². The van der Waals surface area contributed by atoms with Crippen molar-refractivity contribution >= 4 is 29.9 Å². The molecule has 19 heavy (non-hydrogen) atoms. The molecule has 0 bridgehead atoms. The standard InChI is InChI=1S/C13H19N3O2.ClH/c1-13(2,3)16-11(17)8-15-12(18)9-4-6-10(14)7-5-9;/h4-7H,8,14H2,1-3H3,(H,15,18)(H,16,17);1H. The average molecular weight is 286 g/mol. The minimum atomic E-state index is -0.303. The summed E-state index contributed by atoms with van der Waals surface area (Å²) in [6, 6.07) is 6.52. The zero-order valence-electron chi connectivity index (χ0n) is 11.3. The first-order chi connectivity index (χ1) is 8.28. The van der Waals surface area contributed by atoms with Crippen LogP contribution in [-0.4, -0.2) is 23.9 Å². The molecule has 0 spiro atoms. The molecule has 0 saturated heterocycles. The van der Waals surface area contributed by atoms with E-state index in [1.54, 1.807) is 24.3 Å². The fraction of sp³-hybridized carbons (Fsp3) is 0.385. The summed E-state index contributed by atoms with van der Waals surface area (Å²) in [5.74, 6) is -0.509. The maximum atomic E-state index is 11.7. The van der Waals surface area contributed by atoms with Gasteiger partial charge in [0, 0.05) is 16.8 Å². The fourth-order valence-electron chi connectivity index (χ4n) is 1.36. The van der Waals surface area contributed by atoms with Crippen LogP contribution in [0.3, 0.4) is 0 Å². The molecule has 0 atom stereocenters. The van der Waals surface area contributed by atoms with Crippen molar-refractivity contribution in [3.05, 3.63) is 29.8 Å². The number of hydrogen-bond donors (Lipinski definition) is 3. The molecule has 0 unspecified atom stereocenters. The van der Waals surface area contributed by atoms with Crippen LogP contribution in [0.2, 0.25) is 0 Å². The van der Waals surface area contributed by atoms with Gasteiger partial charge in [0.1, 0.15) is 0 Å². The highest BCUT2D eigenvalue weighted by Gasteiger charge is 2.14. The lowest BCUT2D eigenvalue weighted by atomic mass is 10.1. The molecule has 0 aromatic heterocycles. The molecule has 1 rings (SSSR count). The van der Waals surface area contributed by atoms with Crippen LogP contribution >= 0.6 is 12.4 Å². The molecule has 6 heteroatoms. The Morgan fingerprint density at radius 2 is 1.68 bits per heavy atom. The molecule has 4 N–H and O–H groups in total. The van der Waals surface area contributed by atoms with Crippen molar-refractivity contribution in [2.75, 3.05) is 12.3 Å². The Morgan fingerprint density at radius 1 is 1.16 bits per heavy atom. The van der Waals surface area contributed by atoms with Crippen LogP contribution in [0.15, 0.2) is 24.3 Å². The SMILES string of the molecule is CC(C)(C)NC(=O)CNC(=O)c1ccc(N)cc1.Cl. The highest BCUT2D eigenvalue weighted by atomic mass is 35.5. The number of hydrogen-bond acceptors (Lipinski definition) is 3. The quantitative estimate of drug-likeness (QED) is 0.733. The number of halogens is 1. The van der Waals surface area contributed by atoms with Crippen molar-refractivity contribution in [3.8, 4) is 0 Å². The van der Waals surface area contributed by atoms with Crippen LogP contribution in [0.5, 0.6) is 0 Å². The van der Waals surface area contributed by atoms with Gasteiger partial charge in [-0.3, -0.25) is 9.59 Å². The maximum Gasteiger partial charge on any atom is 0.251 e. The number of amides is 2. The Labute approximate surface area is 119 Å². The number of benzene rings is 1. The minimum Gasteiger partial charge on any atom is -0.399 e. The van der Waals surface area contributed by atoms with Gasteiger partial charge in [-0.1, -0.05) is 0 Å². The lowest BCUT2D eigenvalue weighted by molar-refractivity contribution is -0.121. The van der Waals surface area contributed by atoms with Crippen molar-refractivity contribution in [2.45, 2.75) is 26.3 Å². The summed E-state index contributed by atoms with van der Waals surface area (Å²) in [6.07, 6.45) is 0. The first-order valence-corrected chi connectivity index (χ1v) is 5.73. The summed E-state index contributed by atoms with van der Waals surface area (Å²) in [5, 5.41) is 5.31. The summed E-state index contributed by atoms with van der Waals surface area (Å²) in [5.41, 5.74) is 6.29. The molecule has 0 heterocycles. The third-order valence-corrected chi connectivity index (χ3v) is 2.10. The Balaban J connectivity index is 0.00000324. The van der Waals surface area contributed by atoms with Crippen LogP contribution in [0, 0.1) is 0 Å². The Kier molecular flexibility index (Phi) is 6.35. The van der Waals surface area contributed by atoms with Crippen molar-refractivity contribution in [1.82, 2.24) is 10.6 Å². The van der Waals surface area contributed by atoms with Gasteiger partial charge in [0.05, 0.1) is 6.54 Å². The normalized spacial score (nSPS) is 10.3. The zero-order chi connectivity index (χ0) is 13.8. The van der Waals surface area contributed by atoms with Gasteiger partial charge in [-0.05, 0) is 45.0 Å². The van der Waals surface area contributed by atoms with E-state index in [0.717, 1.165) is 0 Å². The number of carbonyl (C=O) groups excluding carboxylic acids is 2. The van der Waals surface area contributed by atoms with Gasteiger partial charge in [0.25, 0.3) is 5.91 Å². The first-order valence-electron chi connectivity index (χ1n) is 5.73. The molecule has 0 aliphatic heterocycles. The highest BCUT2D eigenvalue weighted by molar-refractivity contribution is 5.96. The van der Waals surface area contributed by atoms with Gasteiger partial charge in [0.15, 0.2) is 0 Å². The van der Waals surface area contributed by atoms with Crippen LogP contribution in [0.4, 0.5) is 5.69 Å². The predicted molar refractivity (Wildman–Crippen MR) is 78.3 cm³/mol. The van der Waals surface area contributed by atoms with E-state index in [-0.39, 0.29) is 36.3 Å². The maximum absolute atomic E-state index is 11.7. The van der Waals surface area contributed by atoms with Crippen molar-refractivity contribution in [3.63, 3.8) is 0 Å². The molecular weight excluding hydrogens is 266 g/mol. The third-order valence-electron chi connectivity index (χ3n) is 2.10. The smallest absolute Gasteiger partial charge is 0.251 e. The van der Waals surface area contributed by atoms with E-state index < -0.39 is 0 Å². The topological polar surface area (TPSA) is 84.2 Å². The van der Waals surface area contributed by atoms with Gasteiger partial charge >= 0.3 is 0 Å². The predicted octanol–water partition coefficient (Wildman–Crippen LogP) is 1.34. The summed E-state index contributed by atoms with van der Waals surface area (Å²) < 4.78 is 0. The second-order valence-electron chi connectivity index (χ2n) is 5.10. The molecule has 0 saturated carbocycles. The summed E-state index contributed by atoms with van der Waals surface area (Å²) in [6.45, 7) is 5.60. The van der Waals surface area contributed by atoms with Crippen LogP contribution in [-0.2, 0) is 4.79 Å². The number of rotatable bonds is 3. The van der Waals surface area contributed by atoms with Gasteiger partial charge in [0.2, 0.25) is 5.91 Å². The monoisotopic (exact) mass is 285 g/mol.